The fraction of sp³-hybridized carbons (Fsp3) is 0.273. The topological polar surface area (TPSA) is 110 Å². The zero-order valence-corrected chi connectivity index (χ0v) is 21.6. The molecule has 4 rings (SSSR count). The predicted molar refractivity (Wildman–Crippen MR) is 142 cm³/mol. The highest BCUT2D eigenvalue weighted by molar-refractivity contribution is 8.02. The summed E-state index contributed by atoms with van der Waals surface area (Å²) < 4.78 is 3.63. The summed E-state index contributed by atoms with van der Waals surface area (Å²) >= 11 is 5.85. The van der Waals surface area contributed by atoms with Gasteiger partial charge in [0.15, 0.2) is 8.68 Å². The lowest BCUT2D eigenvalue weighted by Gasteiger charge is -2.19. The lowest BCUT2D eigenvalue weighted by molar-refractivity contribution is -0.120. The van der Waals surface area contributed by atoms with Crippen molar-refractivity contribution in [2.45, 2.75) is 35.0 Å². The SMILES string of the molecule is CC(C)(C)NC(=O)CSc1nc2ccc(NC(=O)CSc3nc4ccc(N)cc4s3)cc2s1. The monoisotopic (exact) mass is 517 g/mol. The number of hydrogen-bond donors (Lipinski definition) is 3. The van der Waals surface area contributed by atoms with E-state index in [0.717, 1.165) is 34.8 Å². The number of thioether (sulfide) groups is 2. The third-order valence-electron chi connectivity index (χ3n) is 4.21. The van der Waals surface area contributed by atoms with Gasteiger partial charge in [-0.05, 0) is 57.2 Å². The van der Waals surface area contributed by atoms with Crippen LogP contribution < -0.4 is 16.4 Å². The molecule has 2 aromatic carbocycles. The van der Waals surface area contributed by atoms with Crippen LogP contribution in [0.15, 0.2) is 45.1 Å². The van der Waals surface area contributed by atoms with E-state index in [0.29, 0.717) is 11.4 Å². The molecule has 0 unspecified atom stereocenters. The third kappa shape index (κ3) is 6.59. The lowest BCUT2D eigenvalue weighted by Crippen LogP contribution is -2.41. The summed E-state index contributed by atoms with van der Waals surface area (Å²) in [5, 5.41) is 5.88. The second-order valence-corrected chi connectivity index (χ2v) is 12.8. The van der Waals surface area contributed by atoms with Crippen LogP contribution in [0.1, 0.15) is 20.8 Å². The summed E-state index contributed by atoms with van der Waals surface area (Å²) in [6.07, 6.45) is 0. The Morgan fingerprint density at radius 2 is 1.48 bits per heavy atom. The van der Waals surface area contributed by atoms with Crippen LogP contribution in [0.5, 0.6) is 0 Å². The standard InChI is InChI=1S/C22H23N5O2S4/c1-22(2,3)27-19(29)11-31-21-26-15-7-5-13(9-17(15)33-21)24-18(28)10-30-20-25-14-6-4-12(23)8-16(14)32-20/h4-9H,10-11,23H2,1-3H3,(H,24,28)(H,27,29). The van der Waals surface area contributed by atoms with E-state index < -0.39 is 0 Å². The first kappa shape index (κ1) is 23.8. The Hall–Kier alpha value is -2.34. The fourth-order valence-electron chi connectivity index (χ4n) is 2.93. The van der Waals surface area contributed by atoms with Crippen LogP contribution in [0.25, 0.3) is 20.4 Å². The van der Waals surface area contributed by atoms with Crippen LogP contribution in [0, 0.1) is 0 Å². The van der Waals surface area contributed by atoms with Gasteiger partial charge in [0.2, 0.25) is 11.8 Å². The minimum atomic E-state index is -0.252. The van der Waals surface area contributed by atoms with E-state index >= 15 is 0 Å². The molecule has 0 saturated heterocycles. The van der Waals surface area contributed by atoms with Gasteiger partial charge >= 0.3 is 0 Å². The van der Waals surface area contributed by atoms with Gasteiger partial charge in [-0.1, -0.05) is 23.5 Å². The molecule has 0 saturated carbocycles. The Morgan fingerprint density at radius 1 is 0.909 bits per heavy atom. The van der Waals surface area contributed by atoms with Crippen molar-refractivity contribution < 1.29 is 9.59 Å². The van der Waals surface area contributed by atoms with Crippen molar-refractivity contribution in [1.82, 2.24) is 15.3 Å². The summed E-state index contributed by atoms with van der Waals surface area (Å²) in [5.41, 5.74) is 8.72. The molecule has 2 heterocycles. The Morgan fingerprint density at radius 3 is 2.12 bits per heavy atom. The number of carbonyl (C=O) groups excluding carboxylic acids is 2. The van der Waals surface area contributed by atoms with Gasteiger partial charge in [-0.25, -0.2) is 9.97 Å². The molecular formula is C22H23N5O2S4. The highest BCUT2D eigenvalue weighted by Crippen LogP contribution is 2.32. The lowest BCUT2D eigenvalue weighted by atomic mass is 10.1. The van der Waals surface area contributed by atoms with Gasteiger partial charge < -0.3 is 16.4 Å². The first-order chi connectivity index (χ1) is 15.6. The molecule has 4 N–H and O–H groups in total. The van der Waals surface area contributed by atoms with E-state index in [2.05, 4.69) is 20.6 Å². The molecule has 0 fully saturated rings. The van der Waals surface area contributed by atoms with Gasteiger partial charge in [0.1, 0.15) is 0 Å². The Balaban J connectivity index is 1.33. The minimum absolute atomic E-state index is 0.0196. The summed E-state index contributed by atoms with van der Waals surface area (Å²) in [6, 6.07) is 11.2. The number of benzene rings is 2. The summed E-state index contributed by atoms with van der Waals surface area (Å²) in [4.78, 5) is 33.6. The van der Waals surface area contributed by atoms with Crippen LogP contribution in [-0.2, 0) is 9.59 Å². The molecule has 0 bridgehead atoms. The molecule has 0 radical (unpaired) electrons. The zero-order chi connectivity index (χ0) is 23.6. The maximum absolute atomic E-state index is 12.5. The highest BCUT2D eigenvalue weighted by atomic mass is 32.2. The molecule has 2 aromatic heterocycles. The normalized spacial score (nSPS) is 11.7. The number of anilines is 2. The summed E-state index contributed by atoms with van der Waals surface area (Å²) in [6.45, 7) is 5.87. The highest BCUT2D eigenvalue weighted by Gasteiger charge is 2.15. The van der Waals surface area contributed by atoms with Gasteiger partial charge in [-0.3, -0.25) is 9.59 Å². The number of carbonyl (C=O) groups is 2. The molecule has 4 aromatic rings. The quantitative estimate of drug-likeness (QED) is 0.227. The molecule has 0 atom stereocenters. The number of rotatable bonds is 7. The summed E-state index contributed by atoms with van der Waals surface area (Å²) in [5.74, 6) is 0.459. The average Bonchev–Trinajstić information content (AvgIpc) is 3.32. The van der Waals surface area contributed by atoms with Crippen molar-refractivity contribution >= 4 is 89.8 Å². The van der Waals surface area contributed by atoms with Crippen molar-refractivity contribution in [3.8, 4) is 0 Å². The Labute approximate surface area is 208 Å². The smallest absolute Gasteiger partial charge is 0.234 e. The first-order valence-electron chi connectivity index (χ1n) is 10.1. The zero-order valence-electron chi connectivity index (χ0n) is 18.3. The Bertz CT molecular complexity index is 1330. The number of amides is 2. The maximum Gasteiger partial charge on any atom is 0.234 e. The number of aromatic nitrogens is 2. The molecule has 7 nitrogen and oxygen atoms in total. The van der Waals surface area contributed by atoms with E-state index in [1.807, 2.05) is 57.2 Å². The van der Waals surface area contributed by atoms with E-state index in [9.17, 15) is 9.59 Å². The van der Waals surface area contributed by atoms with Crippen molar-refractivity contribution in [2.75, 3.05) is 22.6 Å². The largest absolute Gasteiger partial charge is 0.399 e. The number of nitrogens with one attached hydrogen (secondary N) is 2. The van der Waals surface area contributed by atoms with Crippen molar-refractivity contribution in [2.24, 2.45) is 0 Å². The second-order valence-electron chi connectivity index (χ2n) is 8.29. The Kier molecular flexibility index (Phi) is 7.13. The van der Waals surface area contributed by atoms with E-state index in [1.165, 1.54) is 46.2 Å². The van der Waals surface area contributed by atoms with E-state index in [-0.39, 0.29) is 23.1 Å². The molecule has 0 spiro atoms. The number of thiazole rings is 2. The first-order valence-corrected chi connectivity index (χ1v) is 13.7. The van der Waals surface area contributed by atoms with Gasteiger partial charge in [0.05, 0.1) is 31.9 Å². The van der Waals surface area contributed by atoms with Crippen LogP contribution in [-0.4, -0.2) is 38.8 Å². The number of nitrogens with two attached hydrogens (primary N) is 1. The van der Waals surface area contributed by atoms with Gasteiger partial charge in [0.25, 0.3) is 0 Å². The fourth-order valence-corrected chi connectivity index (χ4v) is 6.76. The maximum atomic E-state index is 12.5. The molecule has 11 heteroatoms. The molecule has 172 valence electrons. The predicted octanol–water partition coefficient (Wildman–Crippen LogP) is 5.23. The van der Waals surface area contributed by atoms with Crippen LogP contribution in [0.3, 0.4) is 0 Å². The van der Waals surface area contributed by atoms with Crippen molar-refractivity contribution in [1.29, 1.82) is 0 Å². The molecule has 0 aliphatic heterocycles. The van der Waals surface area contributed by atoms with Gasteiger partial charge in [-0.15, -0.1) is 22.7 Å². The third-order valence-corrected chi connectivity index (χ3v) is 8.54. The molecule has 0 aliphatic rings. The number of fused-ring (bicyclic) bond motifs is 2. The van der Waals surface area contributed by atoms with Gasteiger partial charge in [-0.2, -0.15) is 0 Å². The molecular weight excluding hydrogens is 495 g/mol. The van der Waals surface area contributed by atoms with Gasteiger partial charge in [0, 0.05) is 16.9 Å². The van der Waals surface area contributed by atoms with E-state index in [1.54, 1.807) is 0 Å². The molecule has 2 amide bonds. The van der Waals surface area contributed by atoms with Crippen LogP contribution in [0.4, 0.5) is 11.4 Å². The summed E-state index contributed by atoms with van der Waals surface area (Å²) in [7, 11) is 0. The number of nitrogens with zero attached hydrogens (tertiary/aromatic N) is 2. The average molecular weight is 518 g/mol. The molecule has 33 heavy (non-hydrogen) atoms. The molecule has 0 aliphatic carbocycles. The number of nitrogen functional groups attached to an aromatic ring is 1. The van der Waals surface area contributed by atoms with Crippen LogP contribution >= 0.6 is 46.2 Å². The van der Waals surface area contributed by atoms with Crippen molar-refractivity contribution in [3.63, 3.8) is 0 Å². The number of hydrogen-bond acceptors (Lipinski definition) is 9. The second kappa shape index (κ2) is 9.88. The van der Waals surface area contributed by atoms with E-state index in [4.69, 9.17) is 5.73 Å². The van der Waals surface area contributed by atoms with Crippen molar-refractivity contribution in [3.05, 3.63) is 36.4 Å². The minimum Gasteiger partial charge on any atom is -0.399 e. The van der Waals surface area contributed by atoms with Crippen LogP contribution in [0.2, 0.25) is 0 Å².